The summed E-state index contributed by atoms with van der Waals surface area (Å²) in [6.45, 7) is 0. The van der Waals surface area contributed by atoms with Gasteiger partial charge in [0.2, 0.25) is 0 Å². The first-order valence-corrected chi connectivity index (χ1v) is 5.10. The van der Waals surface area contributed by atoms with Gasteiger partial charge in [-0.25, -0.2) is 4.98 Å². The van der Waals surface area contributed by atoms with Gasteiger partial charge in [-0.05, 0) is 24.3 Å². The second-order valence-corrected chi connectivity index (χ2v) is 3.58. The maximum absolute atomic E-state index is 5.50. The molecule has 80 valence electrons. The molecule has 0 saturated carbocycles. The first kappa shape index (κ1) is 10.5. The van der Waals surface area contributed by atoms with Crippen molar-refractivity contribution in [2.24, 2.45) is 5.73 Å². The predicted octanol–water partition coefficient (Wildman–Crippen LogP) is 1.85. The number of nitrogens with zero attached hydrogens (tertiary/aromatic N) is 2. The van der Waals surface area contributed by atoms with Gasteiger partial charge in [-0.1, -0.05) is 18.3 Å². The molecule has 3 N–H and O–H groups in total. The molecular formula is C11H10N4S. The summed E-state index contributed by atoms with van der Waals surface area (Å²) < 4.78 is 0. The third-order valence-electron chi connectivity index (χ3n) is 1.94. The molecule has 2 heterocycles. The van der Waals surface area contributed by atoms with Crippen molar-refractivity contribution in [1.82, 2.24) is 9.97 Å². The Bertz CT molecular complexity index is 498. The average Bonchev–Trinajstić information content (AvgIpc) is 2.30. The fourth-order valence-electron chi connectivity index (χ4n) is 1.23. The van der Waals surface area contributed by atoms with Crippen LogP contribution >= 0.6 is 12.2 Å². The lowest BCUT2D eigenvalue weighted by molar-refractivity contribution is 1.26. The largest absolute Gasteiger partial charge is 0.388 e. The van der Waals surface area contributed by atoms with E-state index in [4.69, 9.17) is 18.0 Å². The number of hydrogen-bond donors (Lipinski definition) is 2. The third-order valence-corrected chi connectivity index (χ3v) is 2.14. The highest BCUT2D eigenvalue weighted by Crippen LogP contribution is 2.12. The number of anilines is 2. The second-order valence-electron chi connectivity index (χ2n) is 3.14. The minimum atomic E-state index is 0.287. The van der Waals surface area contributed by atoms with Crippen LogP contribution < -0.4 is 11.1 Å². The molecule has 0 aliphatic rings. The standard InChI is InChI=1S/C11H10N4S/c12-11(16)9-4-1-5-10(15-9)14-8-3-2-6-13-7-8/h1-7H,(H2,12,16)(H,14,15). The zero-order chi connectivity index (χ0) is 11.4. The maximum atomic E-state index is 5.50. The van der Waals surface area contributed by atoms with Crippen LogP contribution in [0.3, 0.4) is 0 Å². The van der Waals surface area contributed by atoms with Gasteiger partial charge in [0.1, 0.15) is 10.8 Å². The molecule has 5 heteroatoms. The molecule has 0 saturated heterocycles. The Morgan fingerprint density at radius 3 is 2.81 bits per heavy atom. The minimum Gasteiger partial charge on any atom is -0.388 e. The van der Waals surface area contributed by atoms with Crippen molar-refractivity contribution in [3.05, 3.63) is 48.4 Å². The number of nitrogens with one attached hydrogen (secondary N) is 1. The van der Waals surface area contributed by atoms with Crippen LogP contribution in [-0.2, 0) is 0 Å². The van der Waals surface area contributed by atoms with Gasteiger partial charge >= 0.3 is 0 Å². The van der Waals surface area contributed by atoms with Gasteiger partial charge in [0.05, 0.1) is 17.6 Å². The van der Waals surface area contributed by atoms with E-state index >= 15 is 0 Å². The number of hydrogen-bond acceptors (Lipinski definition) is 4. The quantitative estimate of drug-likeness (QED) is 0.788. The molecule has 0 fully saturated rings. The number of aromatic nitrogens is 2. The molecule has 0 amide bonds. The van der Waals surface area contributed by atoms with Crippen LogP contribution in [0.15, 0.2) is 42.7 Å². The zero-order valence-electron chi connectivity index (χ0n) is 8.42. The fraction of sp³-hybridized carbons (Fsp3) is 0. The number of rotatable bonds is 3. The molecule has 0 radical (unpaired) electrons. The van der Waals surface area contributed by atoms with Crippen LogP contribution in [0.25, 0.3) is 0 Å². The van der Waals surface area contributed by atoms with E-state index in [0.29, 0.717) is 11.5 Å². The van der Waals surface area contributed by atoms with Crippen molar-refractivity contribution >= 4 is 28.7 Å². The monoisotopic (exact) mass is 230 g/mol. The molecule has 0 aliphatic heterocycles. The summed E-state index contributed by atoms with van der Waals surface area (Å²) in [5.74, 6) is 0.693. The normalized spacial score (nSPS) is 9.75. The van der Waals surface area contributed by atoms with E-state index < -0.39 is 0 Å². The predicted molar refractivity (Wildman–Crippen MR) is 67.6 cm³/mol. The van der Waals surface area contributed by atoms with Gasteiger partial charge in [-0.15, -0.1) is 0 Å². The molecule has 0 unspecified atom stereocenters. The molecule has 0 spiro atoms. The van der Waals surface area contributed by atoms with Crippen LogP contribution in [0.4, 0.5) is 11.5 Å². The van der Waals surface area contributed by atoms with E-state index in [0.717, 1.165) is 5.69 Å². The van der Waals surface area contributed by atoms with Crippen molar-refractivity contribution in [3.8, 4) is 0 Å². The van der Waals surface area contributed by atoms with Crippen molar-refractivity contribution in [2.75, 3.05) is 5.32 Å². The molecule has 0 atom stereocenters. The van der Waals surface area contributed by atoms with Gasteiger partial charge in [0, 0.05) is 6.20 Å². The van der Waals surface area contributed by atoms with Crippen molar-refractivity contribution in [1.29, 1.82) is 0 Å². The van der Waals surface area contributed by atoms with Gasteiger partial charge < -0.3 is 11.1 Å². The Balaban J connectivity index is 2.22. The first-order valence-electron chi connectivity index (χ1n) is 4.69. The van der Waals surface area contributed by atoms with Crippen molar-refractivity contribution < 1.29 is 0 Å². The molecule has 4 nitrogen and oxygen atoms in total. The lowest BCUT2D eigenvalue weighted by Gasteiger charge is -2.05. The van der Waals surface area contributed by atoms with E-state index in [1.807, 2.05) is 24.3 Å². The van der Waals surface area contributed by atoms with Crippen molar-refractivity contribution in [3.63, 3.8) is 0 Å². The minimum absolute atomic E-state index is 0.287. The van der Waals surface area contributed by atoms with E-state index in [1.165, 1.54) is 0 Å². The molecule has 0 aliphatic carbocycles. The van der Waals surface area contributed by atoms with Gasteiger partial charge in [-0.3, -0.25) is 4.98 Å². The summed E-state index contributed by atoms with van der Waals surface area (Å²) in [4.78, 5) is 8.55. The van der Waals surface area contributed by atoms with Crippen LogP contribution in [0.5, 0.6) is 0 Å². The molecular weight excluding hydrogens is 220 g/mol. The molecule has 2 aromatic rings. The topological polar surface area (TPSA) is 63.8 Å². The highest BCUT2D eigenvalue weighted by molar-refractivity contribution is 7.80. The summed E-state index contributed by atoms with van der Waals surface area (Å²) in [5.41, 5.74) is 6.98. The lowest BCUT2D eigenvalue weighted by atomic mass is 10.3. The summed E-state index contributed by atoms with van der Waals surface area (Å²) >= 11 is 4.86. The molecule has 0 bridgehead atoms. The summed E-state index contributed by atoms with van der Waals surface area (Å²) in [6, 6.07) is 9.22. The second kappa shape index (κ2) is 4.67. The first-order chi connectivity index (χ1) is 7.75. The third kappa shape index (κ3) is 2.52. The SMILES string of the molecule is NC(=S)c1cccc(Nc2cccnc2)n1. The highest BCUT2D eigenvalue weighted by atomic mass is 32.1. The van der Waals surface area contributed by atoms with E-state index in [-0.39, 0.29) is 4.99 Å². The van der Waals surface area contributed by atoms with Crippen LogP contribution in [0.2, 0.25) is 0 Å². The molecule has 0 aromatic carbocycles. The van der Waals surface area contributed by atoms with Crippen LogP contribution in [0, 0.1) is 0 Å². The fourth-order valence-corrected chi connectivity index (χ4v) is 1.34. The highest BCUT2D eigenvalue weighted by Gasteiger charge is 2.00. The summed E-state index contributed by atoms with van der Waals surface area (Å²) in [7, 11) is 0. The maximum Gasteiger partial charge on any atom is 0.131 e. The Morgan fingerprint density at radius 1 is 1.25 bits per heavy atom. The van der Waals surface area contributed by atoms with Gasteiger partial charge in [-0.2, -0.15) is 0 Å². The van der Waals surface area contributed by atoms with Crippen LogP contribution in [-0.4, -0.2) is 15.0 Å². The van der Waals surface area contributed by atoms with E-state index in [2.05, 4.69) is 15.3 Å². The Hall–Kier alpha value is -2.01. The Labute approximate surface area is 98.5 Å². The van der Waals surface area contributed by atoms with Crippen molar-refractivity contribution in [2.45, 2.75) is 0 Å². The molecule has 2 rings (SSSR count). The number of pyridine rings is 2. The molecule has 16 heavy (non-hydrogen) atoms. The smallest absolute Gasteiger partial charge is 0.131 e. The lowest BCUT2D eigenvalue weighted by Crippen LogP contribution is -2.12. The summed E-state index contributed by atoms with van der Waals surface area (Å²) in [6.07, 6.45) is 3.43. The van der Waals surface area contributed by atoms with Gasteiger partial charge in [0.25, 0.3) is 0 Å². The zero-order valence-corrected chi connectivity index (χ0v) is 9.24. The van der Waals surface area contributed by atoms with Gasteiger partial charge in [0.15, 0.2) is 0 Å². The van der Waals surface area contributed by atoms with E-state index in [9.17, 15) is 0 Å². The Morgan fingerprint density at radius 2 is 2.12 bits per heavy atom. The number of nitrogens with two attached hydrogens (primary N) is 1. The Kier molecular flexibility index (Phi) is 3.07. The average molecular weight is 230 g/mol. The molecule has 2 aromatic heterocycles. The summed E-state index contributed by atoms with van der Waals surface area (Å²) in [5, 5.41) is 3.11. The van der Waals surface area contributed by atoms with E-state index in [1.54, 1.807) is 18.5 Å². The number of thiocarbonyl (C=S) groups is 1. The van der Waals surface area contributed by atoms with Crippen LogP contribution in [0.1, 0.15) is 5.69 Å².